The van der Waals surface area contributed by atoms with E-state index in [1.54, 1.807) is 0 Å². The standard InChI is InChI=1S/C20H28O3/c1-12-10-20-8-5-15-18(2,6-4-7-19(15,3)17(22)23)16(20)9-14(21)13(12)11-20/h9,13-15,21H,1,4-8,10-11H2,2-3H3,(H,22,23)/t13-,14-,15+,18-,19-,20-/m1/s1. The predicted octanol–water partition coefficient (Wildman–Crippen LogP) is 3.93. The van der Waals surface area contributed by atoms with Crippen LogP contribution in [0.2, 0.25) is 0 Å². The molecule has 3 heteroatoms. The van der Waals surface area contributed by atoms with Crippen molar-refractivity contribution in [2.75, 3.05) is 0 Å². The Morgan fingerprint density at radius 2 is 2.04 bits per heavy atom. The zero-order chi connectivity index (χ0) is 16.6. The molecule has 0 radical (unpaired) electrons. The van der Waals surface area contributed by atoms with Crippen LogP contribution in [0.1, 0.15) is 58.8 Å². The Labute approximate surface area is 138 Å². The Morgan fingerprint density at radius 3 is 2.74 bits per heavy atom. The average molecular weight is 316 g/mol. The number of aliphatic hydroxyl groups is 1. The number of fused-ring (bicyclic) bond motifs is 3. The van der Waals surface area contributed by atoms with Crippen LogP contribution < -0.4 is 0 Å². The van der Waals surface area contributed by atoms with Crippen LogP contribution in [-0.4, -0.2) is 22.3 Å². The molecule has 0 amide bonds. The van der Waals surface area contributed by atoms with Gasteiger partial charge in [0.1, 0.15) is 0 Å². The van der Waals surface area contributed by atoms with Gasteiger partial charge in [0.25, 0.3) is 0 Å². The van der Waals surface area contributed by atoms with E-state index >= 15 is 0 Å². The van der Waals surface area contributed by atoms with Crippen LogP contribution >= 0.6 is 0 Å². The molecule has 0 aromatic heterocycles. The van der Waals surface area contributed by atoms with Gasteiger partial charge in [-0.2, -0.15) is 0 Å². The van der Waals surface area contributed by atoms with E-state index in [0.717, 1.165) is 44.9 Å². The maximum Gasteiger partial charge on any atom is 0.309 e. The summed E-state index contributed by atoms with van der Waals surface area (Å²) in [5.41, 5.74) is 2.01. The van der Waals surface area contributed by atoms with Gasteiger partial charge < -0.3 is 10.2 Å². The number of hydrogen-bond acceptors (Lipinski definition) is 2. The molecule has 3 saturated carbocycles. The molecule has 0 unspecified atom stereocenters. The van der Waals surface area contributed by atoms with Crippen molar-refractivity contribution in [1.82, 2.24) is 0 Å². The molecule has 3 nitrogen and oxygen atoms in total. The van der Waals surface area contributed by atoms with Gasteiger partial charge in [-0.3, -0.25) is 4.79 Å². The van der Waals surface area contributed by atoms with Gasteiger partial charge in [-0.25, -0.2) is 0 Å². The van der Waals surface area contributed by atoms with Gasteiger partial charge in [-0.05, 0) is 62.2 Å². The van der Waals surface area contributed by atoms with Crippen molar-refractivity contribution in [2.45, 2.75) is 64.9 Å². The van der Waals surface area contributed by atoms with E-state index in [2.05, 4.69) is 19.6 Å². The second kappa shape index (κ2) is 4.50. The molecule has 0 heterocycles. The lowest BCUT2D eigenvalue weighted by Gasteiger charge is -2.60. The number of aliphatic hydroxyl groups excluding tert-OH is 1. The van der Waals surface area contributed by atoms with Crippen molar-refractivity contribution in [3.8, 4) is 0 Å². The van der Waals surface area contributed by atoms with E-state index in [0.29, 0.717) is 0 Å². The lowest BCUT2D eigenvalue weighted by atomic mass is 9.44. The molecular weight excluding hydrogens is 288 g/mol. The Bertz CT molecular complexity index is 620. The predicted molar refractivity (Wildman–Crippen MR) is 88.8 cm³/mol. The van der Waals surface area contributed by atoms with Crippen molar-refractivity contribution in [1.29, 1.82) is 0 Å². The summed E-state index contributed by atoms with van der Waals surface area (Å²) in [5, 5.41) is 20.5. The molecular formula is C20H28O3. The first-order chi connectivity index (χ1) is 10.7. The van der Waals surface area contributed by atoms with Crippen molar-refractivity contribution in [3.63, 3.8) is 0 Å². The summed E-state index contributed by atoms with van der Waals surface area (Å²) in [7, 11) is 0. The maximum absolute atomic E-state index is 12.0. The summed E-state index contributed by atoms with van der Waals surface area (Å²) in [6, 6.07) is 0. The molecule has 2 N–H and O–H groups in total. The fraction of sp³-hybridized carbons (Fsp3) is 0.750. The normalized spacial score (nSPS) is 51.7. The van der Waals surface area contributed by atoms with Gasteiger partial charge in [0.05, 0.1) is 11.5 Å². The third-order valence-corrected chi connectivity index (χ3v) is 7.97. The molecule has 2 bridgehead atoms. The van der Waals surface area contributed by atoms with Gasteiger partial charge >= 0.3 is 5.97 Å². The molecule has 4 aliphatic carbocycles. The van der Waals surface area contributed by atoms with E-state index in [9.17, 15) is 15.0 Å². The number of aliphatic carboxylic acids is 1. The molecule has 4 aliphatic rings. The van der Waals surface area contributed by atoms with Crippen LogP contribution in [0, 0.1) is 28.1 Å². The minimum absolute atomic E-state index is 0.0831. The first-order valence-corrected chi connectivity index (χ1v) is 9.05. The summed E-state index contributed by atoms with van der Waals surface area (Å²) in [6.45, 7) is 8.46. The van der Waals surface area contributed by atoms with Gasteiger partial charge in [-0.15, -0.1) is 0 Å². The van der Waals surface area contributed by atoms with Crippen molar-refractivity contribution in [2.24, 2.45) is 28.1 Å². The Morgan fingerprint density at radius 1 is 1.30 bits per heavy atom. The number of hydrogen-bond donors (Lipinski definition) is 2. The third kappa shape index (κ3) is 1.77. The first kappa shape index (κ1) is 15.4. The number of carboxylic acids is 1. The van der Waals surface area contributed by atoms with Crippen LogP contribution in [0.4, 0.5) is 0 Å². The van der Waals surface area contributed by atoms with Crippen LogP contribution in [0.3, 0.4) is 0 Å². The minimum Gasteiger partial charge on any atom is -0.481 e. The highest BCUT2D eigenvalue weighted by Gasteiger charge is 2.63. The molecule has 0 aliphatic heterocycles. The van der Waals surface area contributed by atoms with E-state index < -0.39 is 17.5 Å². The van der Waals surface area contributed by atoms with E-state index in [1.165, 1.54) is 11.1 Å². The lowest BCUT2D eigenvalue weighted by Crippen LogP contribution is -2.54. The van der Waals surface area contributed by atoms with Crippen LogP contribution in [0.5, 0.6) is 0 Å². The maximum atomic E-state index is 12.0. The highest BCUT2D eigenvalue weighted by Crippen LogP contribution is 2.70. The summed E-state index contributed by atoms with van der Waals surface area (Å²) in [4.78, 5) is 12.0. The monoisotopic (exact) mass is 316 g/mol. The third-order valence-electron chi connectivity index (χ3n) is 7.97. The topological polar surface area (TPSA) is 57.5 Å². The van der Waals surface area contributed by atoms with Gasteiger partial charge in [0, 0.05) is 5.92 Å². The second-order valence-electron chi connectivity index (χ2n) is 9.08. The Kier molecular flexibility index (Phi) is 3.02. The lowest BCUT2D eigenvalue weighted by molar-refractivity contribution is -0.161. The fourth-order valence-corrected chi connectivity index (χ4v) is 6.87. The van der Waals surface area contributed by atoms with Crippen LogP contribution in [0.15, 0.2) is 23.8 Å². The van der Waals surface area contributed by atoms with Crippen molar-refractivity contribution < 1.29 is 15.0 Å². The minimum atomic E-state index is -0.643. The first-order valence-electron chi connectivity index (χ1n) is 9.05. The van der Waals surface area contributed by atoms with E-state index in [4.69, 9.17) is 0 Å². The molecule has 0 aromatic rings. The SMILES string of the molecule is C=C1C[C@@]23CC[C@@H]4[C@](C)(C(=O)O)CCC[C@@]4(C)C2=C[C@@H](O)[C@@H]1C3. The molecule has 3 fully saturated rings. The average Bonchev–Trinajstić information content (AvgIpc) is 2.75. The molecule has 23 heavy (non-hydrogen) atoms. The van der Waals surface area contributed by atoms with Crippen LogP contribution in [-0.2, 0) is 4.79 Å². The van der Waals surface area contributed by atoms with Crippen LogP contribution in [0.25, 0.3) is 0 Å². The number of allylic oxidation sites excluding steroid dienone is 1. The van der Waals surface area contributed by atoms with Gasteiger partial charge in [0.2, 0.25) is 0 Å². The number of carboxylic acid groups (broad SMARTS) is 1. The zero-order valence-corrected chi connectivity index (χ0v) is 14.3. The Hall–Kier alpha value is -1.09. The highest BCUT2D eigenvalue weighted by atomic mass is 16.4. The van der Waals surface area contributed by atoms with Crippen molar-refractivity contribution in [3.05, 3.63) is 23.8 Å². The quantitative estimate of drug-likeness (QED) is 0.721. The second-order valence-corrected chi connectivity index (χ2v) is 9.08. The fourth-order valence-electron chi connectivity index (χ4n) is 6.87. The molecule has 6 atom stereocenters. The summed E-state index contributed by atoms with van der Waals surface area (Å²) < 4.78 is 0. The van der Waals surface area contributed by atoms with E-state index in [1.807, 2.05) is 6.92 Å². The zero-order valence-electron chi connectivity index (χ0n) is 14.3. The molecule has 126 valence electrons. The molecule has 0 aromatic carbocycles. The smallest absolute Gasteiger partial charge is 0.309 e. The summed E-state index contributed by atoms with van der Waals surface area (Å²) >= 11 is 0. The molecule has 1 spiro atoms. The largest absolute Gasteiger partial charge is 0.481 e. The molecule has 0 saturated heterocycles. The highest BCUT2D eigenvalue weighted by molar-refractivity contribution is 5.75. The summed E-state index contributed by atoms with van der Waals surface area (Å²) in [6.07, 6.45) is 8.53. The van der Waals surface area contributed by atoms with Gasteiger partial charge in [-0.1, -0.05) is 37.1 Å². The van der Waals surface area contributed by atoms with Gasteiger partial charge in [0.15, 0.2) is 0 Å². The van der Waals surface area contributed by atoms with E-state index in [-0.39, 0.29) is 22.7 Å². The summed E-state index contributed by atoms with van der Waals surface area (Å²) in [5.74, 6) is -0.251. The number of rotatable bonds is 1. The molecule has 4 rings (SSSR count). The number of carbonyl (C=O) groups is 1. The Balaban J connectivity index is 1.83. The van der Waals surface area contributed by atoms with Crippen molar-refractivity contribution >= 4 is 5.97 Å².